The maximum absolute atomic E-state index is 11.1. The van der Waals surface area contributed by atoms with Crippen molar-refractivity contribution in [1.82, 2.24) is 19.7 Å². The molecule has 33 heavy (non-hydrogen) atoms. The Morgan fingerprint density at radius 2 is 1.79 bits per heavy atom. The third-order valence-electron chi connectivity index (χ3n) is 6.06. The average molecular weight is 482 g/mol. The van der Waals surface area contributed by atoms with E-state index >= 15 is 0 Å². The van der Waals surface area contributed by atoms with Gasteiger partial charge in [0.25, 0.3) is 0 Å². The average Bonchev–Trinajstić information content (AvgIpc) is 3.35. The monoisotopic (exact) mass is 481 g/mol. The fraction of sp³-hybridized carbons (Fsp3) is 0.320. The van der Waals surface area contributed by atoms with E-state index in [2.05, 4.69) is 28.7 Å². The van der Waals surface area contributed by atoms with Gasteiger partial charge in [-0.1, -0.05) is 61.3 Å². The number of hydrogen-bond acceptors (Lipinski definition) is 5. The summed E-state index contributed by atoms with van der Waals surface area (Å²) in [5.41, 5.74) is 3.17. The van der Waals surface area contributed by atoms with Crippen LogP contribution in [0.2, 0.25) is 10.0 Å². The summed E-state index contributed by atoms with van der Waals surface area (Å²) in [5.74, 6) is 1.14. The SMILES string of the molecule is CC(C)CC1(O)CCN(c2ncnc3c(-c4ccc(Cl)cc4)n(-c4ccccc4Cl)nc23)C1. The number of anilines is 1. The summed E-state index contributed by atoms with van der Waals surface area (Å²) in [5, 5.41) is 17.3. The molecular weight excluding hydrogens is 457 g/mol. The molecule has 8 heteroatoms. The van der Waals surface area contributed by atoms with Crippen LogP contribution in [0.25, 0.3) is 28.0 Å². The van der Waals surface area contributed by atoms with Gasteiger partial charge < -0.3 is 10.0 Å². The smallest absolute Gasteiger partial charge is 0.160 e. The Hall–Kier alpha value is -2.67. The lowest BCUT2D eigenvalue weighted by molar-refractivity contribution is 0.0416. The molecule has 0 saturated carbocycles. The molecule has 3 heterocycles. The number of fused-ring (bicyclic) bond motifs is 1. The standard InChI is InChI=1S/C25H25Cl2N5O/c1-16(2)13-25(33)11-12-31(14-25)24-22-21(28-15-29-24)23(17-7-9-18(26)10-8-17)32(30-22)20-6-4-3-5-19(20)27/h3-10,15-16,33H,11-14H2,1-2H3. The van der Waals surface area contributed by atoms with Crippen LogP contribution >= 0.6 is 23.2 Å². The zero-order chi connectivity index (χ0) is 23.2. The van der Waals surface area contributed by atoms with Crippen LogP contribution in [0.4, 0.5) is 5.82 Å². The van der Waals surface area contributed by atoms with Crippen molar-refractivity contribution < 1.29 is 5.11 Å². The number of β-amino-alcohol motifs (C(OH)–C–C–N with tert-alkyl or cyclic N) is 1. The number of aromatic nitrogens is 4. The predicted octanol–water partition coefficient (Wildman–Crippen LogP) is 5.78. The van der Waals surface area contributed by atoms with Gasteiger partial charge in [-0.15, -0.1) is 0 Å². The highest BCUT2D eigenvalue weighted by atomic mass is 35.5. The topological polar surface area (TPSA) is 67.1 Å². The van der Waals surface area contributed by atoms with E-state index in [1.165, 1.54) is 0 Å². The first-order valence-corrected chi connectivity index (χ1v) is 11.8. The van der Waals surface area contributed by atoms with Gasteiger partial charge in [-0.3, -0.25) is 0 Å². The lowest BCUT2D eigenvalue weighted by Gasteiger charge is -2.25. The molecule has 0 bridgehead atoms. The van der Waals surface area contributed by atoms with Crippen LogP contribution in [0.1, 0.15) is 26.7 Å². The van der Waals surface area contributed by atoms with Gasteiger partial charge in [-0.05, 0) is 43.0 Å². The molecule has 1 saturated heterocycles. The highest BCUT2D eigenvalue weighted by molar-refractivity contribution is 6.32. The van der Waals surface area contributed by atoms with Gasteiger partial charge in [-0.2, -0.15) is 5.10 Å². The van der Waals surface area contributed by atoms with Crippen LogP contribution in [0, 0.1) is 5.92 Å². The molecule has 5 rings (SSSR count). The van der Waals surface area contributed by atoms with E-state index in [-0.39, 0.29) is 0 Å². The fourth-order valence-corrected chi connectivity index (χ4v) is 5.09. The van der Waals surface area contributed by atoms with Crippen LogP contribution < -0.4 is 4.90 Å². The third-order valence-corrected chi connectivity index (χ3v) is 6.63. The van der Waals surface area contributed by atoms with E-state index in [0.717, 1.165) is 34.7 Å². The van der Waals surface area contributed by atoms with Crippen molar-refractivity contribution in [2.24, 2.45) is 5.92 Å². The molecule has 1 atom stereocenters. The summed E-state index contributed by atoms with van der Waals surface area (Å²) in [6.45, 7) is 5.50. The molecule has 2 aromatic heterocycles. The van der Waals surface area contributed by atoms with E-state index in [4.69, 9.17) is 28.3 Å². The molecular formula is C25H25Cl2N5O. The van der Waals surface area contributed by atoms with Crippen molar-refractivity contribution in [3.8, 4) is 16.9 Å². The summed E-state index contributed by atoms with van der Waals surface area (Å²) in [6.07, 6.45) is 3.02. The number of aliphatic hydroxyl groups is 1. The summed E-state index contributed by atoms with van der Waals surface area (Å²) in [7, 11) is 0. The number of halogens is 2. The first-order chi connectivity index (χ1) is 15.8. The first-order valence-electron chi connectivity index (χ1n) is 11.1. The number of para-hydroxylation sites is 1. The quantitative estimate of drug-likeness (QED) is 0.391. The molecule has 1 unspecified atom stereocenters. The van der Waals surface area contributed by atoms with Crippen LogP contribution in [0.15, 0.2) is 54.9 Å². The van der Waals surface area contributed by atoms with Gasteiger partial charge in [0.2, 0.25) is 0 Å². The fourth-order valence-electron chi connectivity index (χ4n) is 4.74. The normalized spacial score (nSPS) is 18.5. The second kappa shape index (κ2) is 8.60. The molecule has 0 spiro atoms. The number of nitrogens with zero attached hydrogens (tertiary/aromatic N) is 5. The zero-order valence-corrected chi connectivity index (χ0v) is 20.1. The van der Waals surface area contributed by atoms with Crippen molar-refractivity contribution >= 4 is 40.1 Å². The Labute approximate surface area is 202 Å². The predicted molar refractivity (Wildman–Crippen MR) is 133 cm³/mol. The van der Waals surface area contributed by atoms with Crippen molar-refractivity contribution in [3.05, 3.63) is 64.9 Å². The Morgan fingerprint density at radius 3 is 2.52 bits per heavy atom. The maximum Gasteiger partial charge on any atom is 0.160 e. The van der Waals surface area contributed by atoms with Crippen molar-refractivity contribution in [2.75, 3.05) is 18.0 Å². The highest BCUT2D eigenvalue weighted by Gasteiger charge is 2.38. The van der Waals surface area contributed by atoms with Gasteiger partial charge in [-0.25, -0.2) is 14.6 Å². The van der Waals surface area contributed by atoms with E-state index in [9.17, 15) is 5.11 Å². The van der Waals surface area contributed by atoms with Crippen molar-refractivity contribution in [3.63, 3.8) is 0 Å². The number of rotatable bonds is 5. The number of benzene rings is 2. The Morgan fingerprint density at radius 1 is 1.03 bits per heavy atom. The molecule has 0 aliphatic carbocycles. The molecule has 170 valence electrons. The van der Waals surface area contributed by atoms with E-state index in [0.29, 0.717) is 41.0 Å². The van der Waals surface area contributed by atoms with Gasteiger partial charge in [0.15, 0.2) is 11.3 Å². The zero-order valence-electron chi connectivity index (χ0n) is 18.5. The lowest BCUT2D eigenvalue weighted by atomic mass is 9.92. The minimum atomic E-state index is -0.726. The van der Waals surface area contributed by atoms with Crippen LogP contribution in [-0.2, 0) is 0 Å². The minimum absolute atomic E-state index is 0.413. The number of hydrogen-bond donors (Lipinski definition) is 1. The van der Waals surface area contributed by atoms with Crippen molar-refractivity contribution in [2.45, 2.75) is 32.3 Å². The second-order valence-corrected chi connectivity index (χ2v) is 9.95. The summed E-state index contributed by atoms with van der Waals surface area (Å²) in [6, 6.07) is 15.2. The Kier molecular flexibility index (Phi) is 5.77. The van der Waals surface area contributed by atoms with E-state index in [1.54, 1.807) is 6.33 Å². The summed E-state index contributed by atoms with van der Waals surface area (Å²) < 4.78 is 1.82. The van der Waals surface area contributed by atoms with Gasteiger partial charge in [0.05, 0.1) is 16.3 Å². The Balaban J connectivity index is 1.68. The van der Waals surface area contributed by atoms with Crippen molar-refractivity contribution in [1.29, 1.82) is 0 Å². The molecule has 0 radical (unpaired) electrons. The summed E-state index contributed by atoms with van der Waals surface area (Å²) >= 11 is 12.7. The lowest BCUT2D eigenvalue weighted by Crippen LogP contribution is -2.34. The molecule has 4 aromatic rings. The minimum Gasteiger partial charge on any atom is -0.388 e. The first kappa shape index (κ1) is 22.1. The maximum atomic E-state index is 11.1. The van der Waals surface area contributed by atoms with Gasteiger partial charge in [0, 0.05) is 23.7 Å². The van der Waals surface area contributed by atoms with Crippen LogP contribution in [0.3, 0.4) is 0 Å². The van der Waals surface area contributed by atoms with E-state index in [1.807, 2.05) is 53.2 Å². The third kappa shape index (κ3) is 4.19. The Bertz CT molecular complexity index is 1300. The second-order valence-electron chi connectivity index (χ2n) is 9.11. The molecule has 2 aromatic carbocycles. The molecule has 1 fully saturated rings. The molecule has 1 aliphatic rings. The molecule has 1 aliphatic heterocycles. The molecule has 6 nitrogen and oxygen atoms in total. The molecule has 1 N–H and O–H groups in total. The molecule has 0 amide bonds. The highest BCUT2D eigenvalue weighted by Crippen LogP contribution is 2.38. The van der Waals surface area contributed by atoms with Crippen LogP contribution in [0.5, 0.6) is 0 Å². The van der Waals surface area contributed by atoms with Gasteiger partial charge >= 0.3 is 0 Å². The van der Waals surface area contributed by atoms with E-state index < -0.39 is 5.60 Å². The largest absolute Gasteiger partial charge is 0.388 e. The van der Waals surface area contributed by atoms with Crippen LogP contribution in [-0.4, -0.2) is 43.5 Å². The summed E-state index contributed by atoms with van der Waals surface area (Å²) in [4.78, 5) is 11.3. The van der Waals surface area contributed by atoms with Gasteiger partial charge in [0.1, 0.15) is 17.5 Å².